The molecule has 34 heteroatoms. The SMILES string of the molecule is CC(=O)N1CCn2c(C3CCOC3)nc(-c3cc4c(-c5cnn(C)c5)nn(C)c4cc3C)c2C1.CC(=O)N1CCn2c(C3CCOCC3)nc(-c3ccc4c(c3)c(-c3cnn(C)c3)nn4C)c2C1.CCC(=O)N1CCn2c(C3CC3)nc(-c3ccc4c(c3)c(-c3cnn(C)c3)nn4C)c2C1.[C-]#[N+]c1cc2c(-c3nc(C4CC4)n4c3CN(C(=O)CC)CC4)cccc2nc1N1CC2(COC2)C1. The van der Waals surface area contributed by atoms with Gasteiger partial charge in [0, 0.05) is 252 Å². The van der Waals surface area contributed by atoms with Gasteiger partial charge in [-0.15, -0.1) is 0 Å². The van der Waals surface area contributed by atoms with Crippen molar-refractivity contribution in [2.75, 3.05) is 83.8 Å². The number of fused-ring (bicyclic) bond motifs is 8. The van der Waals surface area contributed by atoms with Gasteiger partial charge in [-0.1, -0.05) is 38.1 Å². The predicted octanol–water partition coefficient (Wildman–Crippen LogP) is 13.7. The number of pyridine rings is 1. The number of nitrogens with zero attached hydrogens (tertiary/aromatic N) is 27. The van der Waals surface area contributed by atoms with E-state index in [1.807, 2.05) is 145 Å². The summed E-state index contributed by atoms with van der Waals surface area (Å²) in [4.78, 5) is 88.9. The van der Waals surface area contributed by atoms with Crippen LogP contribution >= 0.6 is 0 Å². The van der Waals surface area contributed by atoms with Gasteiger partial charge in [0.05, 0.1) is 144 Å². The van der Waals surface area contributed by atoms with E-state index >= 15 is 0 Å². The summed E-state index contributed by atoms with van der Waals surface area (Å²) in [5, 5.41) is 31.5. The molecule has 0 bridgehead atoms. The molecule has 15 aromatic rings. The van der Waals surface area contributed by atoms with Gasteiger partial charge in [0.25, 0.3) is 0 Å². The first kappa shape index (κ1) is 86.6. The number of anilines is 1. The lowest BCUT2D eigenvalue weighted by molar-refractivity contribution is -0.133. The quantitative estimate of drug-likeness (QED) is 0.0913. The van der Waals surface area contributed by atoms with Crippen molar-refractivity contribution in [2.24, 2.45) is 47.7 Å². The second-order valence-electron chi connectivity index (χ2n) is 38.3. The minimum Gasteiger partial charge on any atom is -0.381 e. The zero-order chi connectivity index (χ0) is 92.7. The third-order valence-electron chi connectivity index (χ3n) is 29.1. The standard InChI is InChI=1S/C27H28N6O2.2C25H29N7O2.C24H27N7O/c1-3-23(34)31-9-10-33-22(12-31)24(30-25(33)17-7-8-17)18-5-4-6-20-19(18)11-21(28-2)26(29-20)32-13-27(14-32)15-35-16-27;1-15-9-21-20(23(28-30(21)4)18-11-26-29(3)12-18)10-19(15)24-22-13-31(16(2)33)6-7-32(22)25(27-24)17-5-8-34-14-17;1-16(33)31-8-9-32-22(15-31)24(27-25(32)17-6-10-34-11-7-17)18-4-5-21-20(12-18)23(28-30(21)3)19-13-26-29(2)14-19;1-4-21(32)30-9-10-31-20(14-30)23(26-24(31)15-5-6-15)16-7-8-19-18(11-16)22(27-29(19)3)17-12-25-28(2)13-17/h4-6,11,17H,3,7-10,12-16H2,1H3;9-12,17H,5-8,13-14H2,1-4H3;4-5,12-14,17H,6-11,15H2,1-3H3;7-8,11-13,15H,4-6,9-10,14H2,1-3H3. The number of hydrogen-bond donors (Lipinski definition) is 0. The topological polar surface area (TPSA) is 308 Å². The average molecular weight is 1820 g/mol. The van der Waals surface area contributed by atoms with Crippen LogP contribution in [0.1, 0.15) is 161 Å². The van der Waals surface area contributed by atoms with Gasteiger partial charge in [-0.2, -0.15) is 30.6 Å². The molecule has 1 unspecified atom stereocenters. The van der Waals surface area contributed by atoms with E-state index in [2.05, 4.69) is 105 Å². The van der Waals surface area contributed by atoms with Gasteiger partial charge < -0.3 is 57.0 Å². The van der Waals surface area contributed by atoms with Crippen molar-refractivity contribution < 1.29 is 33.4 Å². The maximum absolute atomic E-state index is 12.5. The van der Waals surface area contributed by atoms with Crippen LogP contribution in [0.25, 0.3) is 127 Å². The summed E-state index contributed by atoms with van der Waals surface area (Å²) >= 11 is 0. The highest BCUT2D eigenvalue weighted by molar-refractivity contribution is 6.01. The predicted molar refractivity (Wildman–Crippen MR) is 510 cm³/mol. The number of aromatic nitrogens is 21. The summed E-state index contributed by atoms with van der Waals surface area (Å²) in [5.74, 6) is 7.69. The molecule has 0 radical (unpaired) electrons. The molecule has 10 aliphatic rings. The number of amides is 4. The normalized spacial score (nSPS) is 17.9. The molecule has 694 valence electrons. The lowest BCUT2D eigenvalue weighted by atomic mass is 9.78. The fraction of sp³-hybridized carbons (Fsp3) is 0.446. The van der Waals surface area contributed by atoms with E-state index in [0.717, 1.165) is 285 Å². The van der Waals surface area contributed by atoms with Crippen molar-refractivity contribution in [1.82, 2.24) is 121 Å². The molecule has 4 saturated heterocycles. The van der Waals surface area contributed by atoms with E-state index < -0.39 is 0 Å². The molecule has 4 amide bonds. The van der Waals surface area contributed by atoms with Gasteiger partial charge >= 0.3 is 0 Å². The molecule has 4 aromatic carbocycles. The highest BCUT2D eigenvalue weighted by Crippen LogP contribution is 2.50. The third kappa shape index (κ3) is 15.8. The Bertz CT molecular complexity index is 7270. The fourth-order valence-corrected chi connectivity index (χ4v) is 21.5. The van der Waals surface area contributed by atoms with Crippen LogP contribution in [-0.4, -0.2) is 224 Å². The van der Waals surface area contributed by atoms with Crippen molar-refractivity contribution in [1.29, 1.82) is 0 Å². The number of hydrogen-bond acceptors (Lipinski definition) is 19. The Morgan fingerprint density at radius 1 is 0.430 bits per heavy atom. The third-order valence-corrected chi connectivity index (χ3v) is 29.1. The van der Waals surface area contributed by atoms with Gasteiger partial charge in [0.2, 0.25) is 29.3 Å². The number of imidazole rings is 4. The highest BCUT2D eigenvalue weighted by Gasteiger charge is 2.50. The van der Waals surface area contributed by atoms with Crippen LogP contribution in [0.15, 0.2) is 110 Å². The van der Waals surface area contributed by atoms with Gasteiger partial charge in [-0.05, 0) is 111 Å². The zero-order valence-corrected chi connectivity index (χ0v) is 78.6. The van der Waals surface area contributed by atoms with E-state index in [1.54, 1.807) is 27.9 Å². The first-order chi connectivity index (χ1) is 65.5. The van der Waals surface area contributed by atoms with Crippen LogP contribution < -0.4 is 4.90 Å². The molecule has 19 heterocycles. The number of rotatable bonds is 14. The monoisotopic (exact) mass is 1820 g/mol. The Morgan fingerprint density at radius 2 is 0.852 bits per heavy atom. The van der Waals surface area contributed by atoms with Crippen LogP contribution in [0.4, 0.5) is 11.5 Å². The zero-order valence-electron chi connectivity index (χ0n) is 78.6. The Balaban J connectivity index is 0.000000105. The number of aryl methyl sites for hydroxylation is 7. The summed E-state index contributed by atoms with van der Waals surface area (Å²) < 4.78 is 37.3. The summed E-state index contributed by atoms with van der Waals surface area (Å²) in [6.45, 7) is 32.1. The number of benzene rings is 4. The molecule has 8 aliphatic heterocycles. The molecule has 34 nitrogen and oxygen atoms in total. The number of ether oxygens (including phenoxy) is 3. The molecule has 2 saturated carbocycles. The summed E-state index contributed by atoms with van der Waals surface area (Å²) in [6.07, 6.45) is 20.3. The van der Waals surface area contributed by atoms with E-state index in [-0.39, 0.29) is 29.0 Å². The lowest BCUT2D eigenvalue weighted by Gasteiger charge is -2.55. The van der Waals surface area contributed by atoms with Crippen molar-refractivity contribution in [2.45, 2.75) is 168 Å². The first-order valence-corrected chi connectivity index (χ1v) is 47.6. The second-order valence-corrected chi connectivity index (χ2v) is 38.3. The van der Waals surface area contributed by atoms with Gasteiger partial charge in [0.15, 0.2) is 0 Å². The molecule has 1 spiro atoms. The smallest absolute Gasteiger partial charge is 0.229 e. The summed E-state index contributed by atoms with van der Waals surface area (Å²) in [6, 6.07) is 25.4. The van der Waals surface area contributed by atoms with Gasteiger partial charge in [-0.25, -0.2) is 29.8 Å². The fourth-order valence-electron chi connectivity index (χ4n) is 21.5. The van der Waals surface area contributed by atoms with Crippen LogP contribution in [0.2, 0.25) is 0 Å². The summed E-state index contributed by atoms with van der Waals surface area (Å²) in [5.41, 5.74) is 24.4. The van der Waals surface area contributed by atoms with Crippen molar-refractivity contribution in [3.63, 3.8) is 0 Å². The second kappa shape index (κ2) is 34.6. The maximum Gasteiger partial charge on any atom is 0.229 e. The van der Waals surface area contributed by atoms with E-state index in [9.17, 15) is 19.2 Å². The van der Waals surface area contributed by atoms with Gasteiger partial charge in [0.1, 0.15) is 46.2 Å². The Labute approximate surface area is 781 Å². The average Bonchev–Trinajstić information content (AvgIpc) is 1.61. The van der Waals surface area contributed by atoms with Gasteiger partial charge in [-0.3, -0.25) is 47.3 Å². The first-order valence-electron chi connectivity index (χ1n) is 47.6. The molecule has 2 aliphatic carbocycles. The number of carbonyl (C=O) groups excluding carboxylic acids is 4. The molecule has 11 aromatic heterocycles. The molecular formula is C101H113N27O7. The minimum atomic E-state index is 0.0995. The van der Waals surface area contributed by atoms with E-state index in [0.29, 0.717) is 81.5 Å². The van der Waals surface area contributed by atoms with Crippen molar-refractivity contribution >= 4 is 78.7 Å². The maximum atomic E-state index is 12.5. The molecule has 1 atom stereocenters. The minimum absolute atomic E-state index is 0.0995. The summed E-state index contributed by atoms with van der Waals surface area (Å²) in [7, 11) is 11.7. The van der Waals surface area contributed by atoms with Crippen LogP contribution in [0, 0.1) is 18.9 Å². The molecule has 0 N–H and O–H groups in total. The Kier molecular flexibility index (Phi) is 22.2. The number of carbonyl (C=O) groups is 4. The lowest BCUT2D eigenvalue weighted by Crippen LogP contribution is -2.66. The molecule has 135 heavy (non-hydrogen) atoms. The van der Waals surface area contributed by atoms with E-state index in [4.69, 9.17) is 61.0 Å². The van der Waals surface area contributed by atoms with Crippen molar-refractivity contribution in [3.05, 3.63) is 173 Å². The molecular weight excluding hydrogens is 1700 g/mol. The molecule has 6 fully saturated rings. The van der Waals surface area contributed by atoms with Crippen LogP contribution in [-0.2, 0) is 128 Å². The molecule has 25 rings (SSSR count). The van der Waals surface area contributed by atoms with E-state index in [1.165, 1.54) is 31.5 Å². The van der Waals surface area contributed by atoms with Crippen LogP contribution in [0.3, 0.4) is 0 Å². The van der Waals surface area contributed by atoms with Crippen molar-refractivity contribution in [3.8, 4) is 78.8 Å². The van der Waals surface area contributed by atoms with Crippen LogP contribution in [0.5, 0.6) is 0 Å². The Morgan fingerprint density at radius 3 is 1.28 bits per heavy atom. The Hall–Kier alpha value is -13.8. The largest absolute Gasteiger partial charge is 0.381 e. The highest BCUT2D eigenvalue weighted by atomic mass is 16.5.